The first-order chi connectivity index (χ1) is 6.22. The molecule has 1 aromatic heterocycles. The smallest absolute Gasteiger partial charge is 0.0940 e. The Bertz CT molecular complexity index is 452. The minimum Gasteiger partial charge on any atom is -0.123 e. The van der Waals surface area contributed by atoms with E-state index in [2.05, 4.69) is 50.7 Å². The largest absolute Gasteiger partial charge is 0.123 e. The molecule has 0 radical (unpaired) electrons. The molecular weight excluding hydrogens is 382 g/mol. The summed E-state index contributed by atoms with van der Waals surface area (Å²) in [5.41, 5.74) is 1.34. The maximum absolute atomic E-state index is 5.97. The summed E-state index contributed by atoms with van der Waals surface area (Å²) < 4.78 is 3.45. The molecular formula is C9H5BrClIS. The lowest BCUT2D eigenvalue weighted by atomic mass is 10.2. The lowest BCUT2D eigenvalue weighted by Gasteiger charge is -2.00. The van der Waals surface area contributed by atoms with Gasteiger partial charge in [0, 0.05) is 13.6 Å². The number of hydrogen-bond donors (Lipinski definition) is 0. The lowest BCUT2D eigenvalue weighted by molar-refractivity contribution is 1.47. The predicted octanol–water partition coefficient (Wildman–Crippen LogP) is 5.05. The molecule has 1 aromatic carbocycles. The Morgan fingerprint density at radius 3 is 2.92 bits per heavy atom. The number of benzene rings is 1. The summed E-state index contributed by atoms with van der Waals surface area (Å²) in [6.45, 7) is 0. The van der Waals surface area contributed by atoms with Gasteiger partial charge in [-0.2, -0.15) is 0 Å². The number of fused-ring (bicyclic) bond motifs is 1. The second-order valence-electron chi connectivity index (χ2n) is 2.63. The second-order valence-corrected chi connectivity index (χ2v) is 6.03. The van der Waals surface area contributed by atoms with Crippen LogP contribution in [-0.4, -0.2) is 0 Å². The zero-order valence-electron chi connectivity index (χ0n) is 6.48. The summed E-state index contributed by atoms with van der Waals surface area (Å²) in [7, 11) is 0. The molecule has 0 fully saturated rings. The van der Waals surface area contributed by atoms with Gasteiger partial charge in [-0.25, -0.2) is 0 Å². The topological polar surface area (TPSA) is 0 Å². The molecule has 0 nitrogen and oxygen atoms in total. The molecule has 0 unspecified atom stereocenters. The van der Waals surface area contributed by atoms with Crippen molar-refractivity contribution >= 4 is 71.5 Å². The van der Waals surface area contributed by atoms with Crippen molar-refractivity contribution in [1.82, 2.24) is 0 Å². The van der Waals surface area contributed by atoms with Gasteiger partial charge in [-0.3, -0.25) is 0 Å². The standard InChI is InChI=1S/C9H5BrClIS/c10-4-6-7(12)2-1-5-3-8(11)13-9(5)6/h1-3H,4H2. The highest BCUT2D eigenvalue weighted by Crippen LogP contribution is 2.34. The van der Waals surface area contributed by atoms with Crippen molar-refractivity contribution < 1.29 is 0 Å². The highest BCUT2D eigenvalue weighted by Gasteiger charge is 2.07. The van der Waals surface area contributed by atoms with E-state index in [1.807, 2.05) is 6.07 Å². The van der Waals surface area contributed by atoms with Gasteiger partial charge in [0.15, 0.2) is 0 Å². The molecule has 0 atom stereocenters. The van der Waals surface area contributed by atoms with Crippen LogP contribution in [0.2, 0.25) is 4.34 Å². The molecule has 1 heterocycles. The zero-order valence-corrected chi connectivity index (χ0v) is 11.8. The molecule has 4 heteroatoms. The Kier molecular flexibility index (Phi) is 3.18. The van der Waals surface area contributed by atoms with Crippen LogP contribution in [0.15, 0.2) is 18.2 Å². The highest BCUT2D eigenvalue weighted by molar-refractivity contribution is 14.1. The van der Waals surface area contributed by atoms with Gasteiger partial charge in [-0.1, -0.05) is 33.6 Å². The predicted molar refractivity (Wildman–Crippen MR) is 72.2 cm³/mol. The van der Waals surface area contributed by atoms with E-state index in [-0.39, 0.29) is 0 Å². The maximum atomic E-state index is 5.97. The SMILES string of the molecule is Clc1cc2ccc(I)c(CBr)c2s1. The summed E-state index contributed by atoms with van der Waals surface area (Å²) in [5.74, 6) is 0. The van der Waals surface area contributed by atoms with Gasteiger partial charge in [-0.15, -0.1) is 11.3 Å². The molecule has 13 heavy (non-hydrogen) atoms. The fraction of sp³-hybridized carbons (Fsp3) is 0.111. The molecule has 0 saturated heterocycles. The third-order valence-electron chi connectivity index (χ3n) is 1.84. The maximum Gasteiger partial charge on any atom is 0.0940 e. The normalized spacial score (nSPS) is 11.0. The molecule has 0 N–H and O–H groups in total. The summed E-state index contributed by atoms with van der Waals surface area (Å²) in [5, 5.41) is 2.13. The number of halogens is 3. The van der Waals surface area contributed by atoms with Crippen molar-refractivity contribution in [1.29, 1.82) is 0 Å². The van der Waals surface area contributed by atoms with Crippen molar-refractivity contribution in [2.24, 2.45) is 0 Å². The van der Waals surface area contributed by atoms with Gasteiger partial charge in [0.1, 0.15) is 0 Å². The van der Waals surface area contributed by atoms with Crippen molar-refractivity contribution in [2.45, 2.75) is 5.33 Å². The average molecular weight is 387 g/mol. The molecule has 68 valence electrons. The minimum absolute atomic E-state index is 0.860. The van der Waals surface area contributed by atoms with E-state index in [1.165, 1.54) is 19.2 Å². The van der Waals surface area contributed by atoms with E-state index in [0.717, 1.165) is 9.67 Å². The monoisotopic (exact) mass is 386 g/mol. The van der Waals surface area contributed by atoms with E-state index in [1.54, 1.807) is 11.3 Å². The number of alkyl halides is 1. The van der Waals surface area contributed by atoms with E-state index >= 15 is 0 Å². The first-order valence-corrected chi connectivity index (χ1v) is 7.04. The summed E-state index contributed by atoms with van der Waals surface area (Å²) in [6.07, 6.45) is 0. The van der Waals surface area contributed by atoms with Crippen molar-refractivity contribution in [2.75, 3.05) is 0 Å². The highest BCUT2D eigenvalue weighted by atomic mass is 127. The van der Waals surface area contributed by atoms with Crippen LogP contribution in [0.3, 0.4) is 0 Å². The summed E-state index contributed by atoms with van der Waals surface area (Å²) in [6, 6.07) is 6.26. The lowest BCUT2D eigenvalue weighted by Crippen LogP contribution is -1.82. The van der Waals surface area contributed by atoms with Gasteiger partial charge in [0.25, 0.3) is 0 Å². The first-order valence-electron chi connectivity index (χ1n) is 3.65. The molecule has 0 aliphatic rings. The fourth-order valence-corrected chi connectivity index (χ4v) is 4.63. The van der Waals surface area contributed by atoms with E-state index < -0.39 is 0 Å². The van der Waals surface area contributed by atoms with E-state index in [9.17, 15) is 0 Å². The molecule has 0 aliphatic heterocycles. The molecule has 0 aliphatic carbocycles. The van der Waals surface area contributed by atoms with Crippen molar-refractivity contribution in [3.05, 3.63) is 31.7 Å². The van der Waals surface area contributed by atoms with Crippen LogP contribution in [0.1, 0.15) is 5.56 Å². The van der Waals surface area contributed by atoms with Gasteiger partial charge in [-0.05, 0) is 45.7 Å². The molecule has 2 aromatic rings. The van der Waals surface area contributed by atoms with Crippen LogP contribution in [0.25, 0.3) is 10.1 Å². The van der Waals surface area contributed by atoms with E-state index in [0.29, 0.717) is 0 Å². The van der Waals surface area contributed by atoms with Gasteiger partial charge in [0.05, 0.1) is 4.34 Å². The molecule has 0 spiro atoms. The number of rotatable bonds is 1. The first kappa shape index (κ1) is 10.2. The van der Waals surface area contributed by atoms with Crippen LogP contribution in [0.5, 0.6) is 0 Å². The van der Waals surface area contributed by atoms with Crippen LogP contribution in [-0.2, 0) is 5.33 Å². The van der Waals surface area contributed by atoms with Gasteiger partial charge in [0.2, 0.25) is 0 Å². The van der Waals surface area contributed by atoms with E-state index in [4.69, 9.17) is 11.6 Å². The van der Waals surface area contributed by atoms with Crippen LogP contribution in [0, 0.1) is 3.57 Å². The summed E-state index contributed by atoms with van der Waals surface area (Å²) >= 11 is 13.5. The average Bonchev–Trinajstić information content (AvgIpc) is 2.45. The quantitative estimate of drug-likeness (QED) is 0.474. The van der Waals surface area contributed by atoms with Crippen molar-refractivity contribution in [3.8, 4) is 0 Å². The minimum atomic E-state index is 0.860. The van der Waals surface area contributed by atoms with Crippen molar-refractivity contribution in [3.63, 3.8) is 0 Å². The molecule has 0 saturated carbocycles. The molecule has 0 bridgehead atoms. The Morgan fingerprint density at radius 2 is 2.23 bits per heavy atom. The zero-order chi connectivity index (χ0) is 9.42. The third-order valence-corrected chi connectivity index (χ3v) is 4.75. The number of hydrogen-bond acceptors (Lipinski definition) is 1. The van der Waals surface area contributed by atoms with Crippen LogP contribution < -0.4 is 0 Å². The Morgan fingerprint density at radius 1 is 1.46 bits per heavy atom. The third kappa shape index (κ3) is 1.89. The Balaban J connectivity index is 2.82. The number of thiophene rings is 1. The molecule has 2 rings (SSSR count). The Hall–Kier alpha value is 0.680. The second kappa shape index (κ2) is 4.04. The van der Waals surface area contributed by atoms with Gasteiger partial charge < -0.3 is 0 Å². The Labute approximate surface area is 108 Å². The van der Waals surface area contributed by atoms with Gasteiger partial charge >= 0.3 is 0 Å². The fourth-order valence-electron chi connectivity index (χ4n) is 1.23. The van der Waals surface area contributed by atoms with Crippen LogP contribution >= 0.6 is 61.5 Å². The summed E-state index contributed by atoms with van der Waals surface area (Å²) in [4.78, 5) is 0. The van der Waals surface area contributed by atoms with Crippen LogP contribution in [0.4, 0.5) is 0 Å². The molecule has 0 amide bonds.